The van der Waals surface area contributed by atoms with Gasteiger partial charge in [0.1, 0.15) is 0 Å². The van der Waals surface area contributed by atoms with Crippen molar-refractivity contribution < 1.29 is 28.6 Å². The minimum absolute atomic E-state index is 0.0707. The number of nitrogens with zero attached hydrogens (tertiary/aromatic N) is 1. The van der Waals surface area contributed by atoms with Crippen LogP contribution in [0, 0.1) is 5.92 Å². The van der Waals surface area contributed by atoms with E-state index in [9.17, 15) is 14.4 Å². The summed E-state index contributed by atoms with van der Waals surface area (Å²) in [6.45, 7) is 0. The maximum Gasteiger partial charge on any atom is 0.292 e. The number of carbonyl (C=O) groups is 3. The van der Waals surface area contributed by atoms with Gasteiger partial charge in [-0.05, 0) is 85.8 Å². The minimum atomic E-state index is -0.843. The zero-order valence-corrected chi connectivity index (χ0v) is 29.1. The Morgan fingerprint density at radius 1 is 0.780 bits per heavy atom. The van der Waals surface area contributed by atoms with E-state index >= 15 is 0 Å². The molecular weight excluding hydrogens is 630 g/mol. The third-order valence-electron chi connectivity index (χ3n) is 9.59. The van der Waals surface area contributed by atoms with Crippen LogP contribution in [0.15, 0.2) is 97.1 Å². The van der Waals surface area contributed by atoms with Crippen molar-refractivity contribution in [3.8, 4) is 17.2 Å². The van der Waals surface area contributed by atoms with Gasteiger partial charge in [-0.25, -0.2) is 5.84 Å². The summed E-state index contributed by atoms with van der Waals surface area (Å²) in [5.74, 6) is 5.06. The number of hydrogen-bond acceptors (Lipinski definition) is 7. The summed E-state index contributed by atoms with van der Waals surface area (Å²) in [7, 11) is 4.34. The number of carbonyl (C=O) groups excluding carboxylic acids is 3. The number of benzene rings is 4. The van der Waals surface area contributed by atoms with Gasteiger partial charge in [-0.15, -0.1) is 0 Å². The molecular formula is C41H47N3O6. The SMILES string of the molecule is COc1cc(C(=O)C(=O)N[C@@H]2c3ccccc3CCC2C(=O)N(N)C(CCCc2ccccc2)CCCc2ccccc2)cc(OC)c1OC. The number of hydrazine groups is 1. The molecule has 0 bridgehead atoms. The summed E-state index contributed by atoms with van der Waals surface area (Å²) < 4.78 is 16.2. The van der Waals surface area contributed by atoms with Crippen LogP contribution in [0.1, 0.15) is 70.8 Å². The molecule has 0 saturated heterocycles. The first-order valence-corrected chi connectivity index (χ1v) is 17.2. The lowest BCUT2D eigenvalue weighted by Crippen LogP contribution is -2.52. The molecule has 1 aliphatic carbocycles. The van der Waals surface area contributed by atoms with E-state index in [4.69, 9.17) is 20.1 Å². The smallest absolute Gasteiger partial charge is 0.292 e. The lowest BCUT2D eigenvalue weighted by molar-refractivity contribution is -0.140. The lowest BCUT2D eigenvalue weighted by atomic mass is 9.78. The van der Waals surface area contributed by atoms with Crippen molar-refractivity contribution in [1.29, 1.82) is 0 Å². The highest BCUT2D eigenvalue weighted by Crippen LogP contribution is 2.39. The molecule has 0 spiro atoms. The van der Waals surface area contributed by atoms with Gasteiger partial charge in [0, 0.05) is 11.6 Å². The summed E-state index contributed by atoms with van der Waals surface area (Å²) >= 11 is 0. The van der Waals surface area contributed by atoms with Crippen LogP contribution in [0.4, 0.5) is 0 Å². The fourth-order valence-corrected chi connectivity index (χ4v) is 6.92. The molecule has 0 aromatic heterocycles. The second kappa shape index (κ2) is 17.5. The van der Waals surface area contributed by atoms with Gasteiger partial charge in [0.05, 0.1) is 33.3 Å². The molecule has 262 valence electrons. The summed E-state index contributed by atoms with van der Waals surface area (Å²) in [5.41, 5.74) is 4.39. The topological polar surface area (TPSA) is 120 Å². The number of nitrogens with two attached hydrogens (primary N) is 1. The molecule has 1 unspecified atom stereocenters. The Morgan fingerprint density at radius 3 is 1.86 bits per heavy atom. The molecule has 4 aromatic rings. The van der Waals surface area contributed by atoms with Gasteiger partial charge in [0.2, 0.25) is 17.4 Å². The third kappa shape index (κ3) is 8.71. The Labute approximate surface area is 294 Å². The molecule has 2 amide bonds. The van der Waals surface area contributed by atoms with Crippen LogP contribution >= 0.6 is 0 Å². The van der Waals surface area contributed by atoms with Crippen LogP contribution in [0.3, 0.4) is 0 Å². The normalized spacial score (nSPS) is 15.1. The lowest BCUT2D eigenvalue weighted by Gasteiger charge is -2.37. The highest BCUT2D eigenvalue weighted by Gasteiger charge is 2.39. The summed E-state index contributed by atoms with van der Waals surface area (Å²) in [6.07, 6.45) is 6.13. The van der Waals surface area contributed by atoms with Crippen LogP contribution < -0.4 is 25.4 Å². The van der Waals surface area contributed by atoms with Crippen molar-refractivity contribution in [2.45, 2.75) is 63.5 Å². The van der Waals surface area contributed by atoms with Crippen molar-refractivity contribution in [2.24, 2.45) is 11.8 Å². The molecule has 5 rings (SSSR count). The number of Topliss-reactive ketones (excluding diaryl/α,β-unsaturated/α-hetero) is 1. The number of rotatable bonds is 16. The number of methoxy groups -OCH3 is 3. The number of fused-ring (bicyclic) bond motifs is 1. The van der Waals surface area contributed by atoms with Gasteiger partial charge in [-0.3, -0.25) is 19.4 Å². The molecule has 2 atom stereocenters. The number of ketones is 1. The zero-order chi connectivity index (χ0) is 35.5. The van der Waals surface area contributed by atoms with Crippen molar-refractivity contribution in [1.82, 2.24) is 10.3 Å². The number of ether oxygens (including phenoxy) is 3. The Balaban J connectivity index is 1.36. The van der Waals surface area contributed by atoms with Gasteiger partial charge < -0.3 is 19.5 Å². The van der Waals surface area contributed by atoms with Crippen molar-refractivity contribution in [3.63, 3.8) is 0 Å². The van der Waals surface area contributed by atoms with E-state index in [0.29, 0.717) is 18.6 Å². The van der Waals surface area contributed by atoms with E-state index in [2.05, 4.69) is 29.6 Å². The number of amides is 2. The highest BCUT2D eigenvalue weighted by molar-refractivity contribution is 6.43. The summed E-state index contributed by atoms with van der Waals surface area (Å²) in [4.78, 5) is 41.6. The second-order valence-electron chi connectivity index (χ2n) is 12.7. The van der Waals surface area contributed by atoms with Gasteiger partial charge in [-0.2, -0.15) is 0 Å². The Hall–Kier alpha value is -5.15. The Kier molecular flexibility index (Phi) is 12.6. The number of nitrogens with one attached hydrogen (secondary N) is 1. The first-order chi connectivity index (χ1) is 24.3. The average molecular weight is 678 g/mol. The maximum absolute atomic E-state index is 14.4. The largest absolute Gasteiger partial charge is 0.493 e. The molecule has 3 N–H and O–H groups in total. The predicted molar refractivity (Wildman–Crippen MR) is 193 cm³/mol. The molecule has 9 nitrogen and oxygen atoms in total. The summed E-state index contributed by atoms with van der Waals surface area (Å²) in [5, 5.41) is 4.34. The van der Waals surface area contributed by atoms with Gasteiger partial charge in [0.25, 0.3) is 5.91 Å². The number of hydrogen-bond donors (Lipinski definition) is 2. The molecule has 0 radical (unpaired) electrons. The zero-order valence-electron chi connectivity index (χ0n) is 29.1. The van der Waals surface area contributed by atoms with Crippen LogP contribution in [0.5, 0.6) is 17.2 Å². The van der Waals surface area contributed by atoms with Crippen molar-refractivity contribution in [3.05, 3.63) is 125 Å². The number of aryl methyl sites for hydroxylation is 3. The molecule has 0 saturated carbocycles. The van der Waals surface area contributed by atoms with Gasteiger partial charge >= 0.3 is 0 Å². The maximum atomic E-state index is 14.4. The standard InChI is InChI=1S/C41H47N3O6/c1-48-35-26-31(27-36(49-2)39(35)50-3)38(45)40(46)43-37-33-23-11-10-20-30(33)24-25-34(37)41(47)44(42)32(21-12-18-28-14-6-4-7-15-28)22-13-19-29-16-8-5-9-17-29/h4-11,14-17,20,23,26-27,32,34,37H,12-13,18-19,21-22,24-25,42H2,1-3H3,(H,43,46)/t34?,37-/m1/s1. The molecule has 0 heterocycles. The van der Waals surface area contributed by atoms with Crippen LogP contribution in [0.2, 0.25) is 0 Å². The van der Waals surface area contributed by atoms with E-state index in [1.54, 1.807) is 0 Å². The molecule has 9 heteroatoms. The molecule has 1 aliphatic rings. The first kappa shape index (κ1) is 36.1. The molecule has 50 heavy (non-hydrogen) atoms. The first-order valence-electron chi connectivity index (χ1n) is 17.2. The Morgan fingerprint density at radius 2 is 1.32 bits per heavy atom. The van der Waals surface area contributed by atoms with Gasteiger partial charge in [0.15, 0.2) is 11.5 Å². The van der Waals surface area contributed by atoms with Crippen molar-refractivity contribution >= 4 is 17.6 Å². The van der Waals surface area contributed by atoms with Crippen molar-refractivity contribution in [2.75, 3.05) is 21.3 Å². The van der Waals surface area contributed by atoms with E-state index in [0.717, 1.165) is 49.7 Å². The summed E-state index contributed by atoms with van der Waals surface area (Å²) in [6, 6.07) is 30.3. The molecule has 0 fully saturated rings. The van der Waals surface area contributed by atoms with E-state index in [1.807, 2.05) is 60.7 Å². The van der Waals surface area contributed by atoms with E-state index < -0.39 is 23.7 Å². The van der Waals surface area contributed by atoms with Crippen LogP contribution in [-0.2, 0) is 28.9 Å². The van der Waals surface area contributed by atoms with Gasteiger partial charge in [-0.1, -0.05) is 84.9 Å². The Bertz CT molecular complexity index is 1680. The van der Waals surface area contributed by atoms with E-state index in [-0.39, 0.29) is 29.0 Å². The van der Waals surface area contributed by atoms with Crippen LogP contribution in [-0.4, -0.2) is 50.0 Å². The second-order valence-corrected chi connectivity index (χ2v) is 12.7. The highest BCUT2D eigenvalue weighted by atomic mass is 16.5. The quantitative estimate of drug-likeness (QED) is 0.0461. The third-order valence-corrected chi connectivity index (χ3v) is 9.59. The fraction of sp³-hybridized carbons (Fsp3) is 0.341. The molecule has 4 aromatic carbocycles. The van der Waals surface area contributed by atoms with E-state index in [1.165, 1.54) is 49.6 Å². The minimum Gasteiger partial charge on any atom is -0.493 e. The predicted octanol–water partition coefficient (Wildman–Crippen LogP) is 6.43. The monoisotopic (exact) mass is 677 g/mol. The fourth-order valence-electron chi connectivity index (χ4n) is 6.92. The van der Waals surface area contributed by atoms with Crippen LogP contribution in [0.25, 0.3) is 0 Å². The molecule has 0 aliphatic heterocycles. The average Bonchev–Trinajstić information content (AvgIpc) is 3.16.